The van der Waals surface area contributed by atoms with Crippen LogP contribution in [0.2, 0.25) is 0 Å². The lowest BCUT2D eigenvalue weighted by atomic mass is 10.1. The second-order valence-corrected chi connectivity index (χ2v) is 3.02. The third-order valence-electron chi connectivity index (χ3n) is 1.92. The van der Waals surface area contributed by atoms with Crippen molar-refractivity contribution >= 4 is 5.97 Å². The molecule has 0 N–H and O–H groups in total. The zero-order valence-electron chi connectivity index (χ0n) is 8.67. The molecule has 84 valence electrons. The molecule has 0 aromatic heterocycles. The summed E-state index contributed by atoms with van der Waals surface area (Å²) in [5, 5.41) is 0. The standard InChI is InChI=1S/C12H10F2O2/c1-3-9-6-5-7-10(8-9)12(13,14)11(15)16-4-2/h1,5-8H,4H2,2H3. The predicted molar refractivity (Wildman–Crippen MR) is 54.9 cm³/mol. The third-order valence-corrected chi connectivity index (χ3v) is 1.92. The van der Waals surface area contributed by atoms with Gasteiger partial charge in [-0.2, -0.15) is 8.78 Å². The molecule has 0 heterocycles. The summed E-state index contributed by atoms with van der Waals surface area (Å²) in [6.07, 6.45) is 5.09. The summed E-state index contributed by atoms with van der Waals surface area (Å²) >= 11 is 0. The number of carbonyl (C=O) groups is 1. The van der Waals surface area contributed by atoms with Crippen LogP contribution in [-0.4, -0.2) is 12.6 Å². The first-order chi connectivity index (χ1) is 7.52. The van der Waals surface area contributed by atoms with Gasteiger partial charge in [-0.25, -0.2) is 4.79 Å². The molecule has 0 aliphatic heterocycles. The van der Waals surface area contributed by atoms with Crippen molar-refractivity contribution in [1.29, 1.82) is 0 Å². The minimum atomic E-state index is -3.66. The molecule has 16 heavy (non-hydrogen) atoms. The number of terminal acetylenes is 1. The van der Waals surface area contributed by atoms with Gasteiger partial charge in [-0.1, -0.05) is 18.1 Å². The Morgan fingerprint density at radius 3 is 2.81 bits per heavy atom. The Hall–Kier alpha value is -1.89. The number of carbonyl (C=O) groups excluding carboxylic acids is 1. The van der Waals surface area contributed by atoms with Crippen LogP contribution in [0.15, 0.2) is 24.3 Å². The first kappa shape index (κ1) is 12.2. The lowest BCUT2D eigenvalue weighted by Gasteiger charge is -2.14. The molecule has 0 fully saturated rings. The normalized spacial score (nSPS) is 10.6. The van der Waals surface area contributed by atoms with E-state index >= 15 is 0 Å². The highest BCUT2D eigenvalue weighted by molar-refractivity contribution is 5.79. The van der Waals surface area contributed by atoms with Crippen molar-refractivity contribution in [3.8, 4) is 12.3 Å². The van der Waals surface area contributed by atoms with Gasteiger partial charge in [-0.15, -0.1) is 6.42 Å². The van der Waals surface area contributed by atoms with Crippen LogP contribution < -0.4 is 0 Å². The highest BCUT2D eigenvalue weighted by Gasteiger charge is 2.42. The maximum atomic E-state index is 13.5. The highest BCUT2D eigenvalue weighted by Crippen LogP contribution is 2.29. The van der Waals surface area contributed by atoms with Crippen molar-refractivity contribution in [1.82, 2.24) is 0 Å². The van der Waals surface area contributed by atoms with E-state index in [2.05, 4.69) is 10.7 Å². The van der Waals surface area contributed by atoms with Crippen LogP contribution in [0.3, 0.4) is 0 Å². The molecule has 0 saturated carbocycles. The lowest BCUT2D eigenvalue weighted by Crippen LogP contribution is -2.28. The molecule has 1 aromatic carbocycles. The molecule has 0 atom stereocenters. The Morgan fingerprint density at radius 1 is 1.56 bits per heavy atom. The first-order valence-corrected chi connectivity index (χ1v) is 4.64. The van der Waals surface area contributed by atoms with E-state index < -0.39 is 17.5 Å². The zero-order valence-corrected chi connectivity index (χ0v) is 8.67. The van der Waals surface area contributed by atoms with Crippen molar-refractivity contribution in [2.24, 2.45) is 0 Å². The maximum absolute atomic E-state index is 13.5. The smallest absolute Gasteiger partial charge is 0.381 e. The van der Waals surface area contributed by atoms with E-state index in [-0.39, 0.29) is 6.61 Å². The van der Waals surface area contributed by atoms with Gasteiger partial charge in [0.15, 0.2) is 0 Å². The minimum Gasteiger partial charge on any atom is -0.461 e. The average molecular weight is 224 g/mol. The summed E-state index contributed by atoms with van der Waals surface area (Å²) in [7, 11) is 0. The van der Waals surface area contributed by atoms with E-state index in [1.54, 1.807) is 0 Å². The van der Waals surface area contributed by atoms with Gasteiger partial charge in [-0.3, -0.25) is 0 Å². The molecular formula is C12H10F2O2. The van der Waals surface area contributed by atoms with Crippen LogP contribution in [0.5, 0.6) is 0 Å². The SMILES string of the molecule is C#Cc1cccc(C(F)(F)C(=O)OCC)c1. The fourth-order valence-corrected chi connectivity index (χ4v) is 1.14. The van der Waals surface area contributed by atoms with Crippen molar-refractivity contribution < 1.29 is 18.3 Å². The van der Waals surface area contributed by atoms with Gasteiger partial charge in [0.25, 0.3) is 0 Å². The molecule has 0 bridgehead atoms. The highest BCUT2D eigenvalue weighted by atomic mass is 19.3. The van der Waals surface area contributed by atoms with Crippen molar-refractivity contribution in [2.75, 3.05) is 6.61 Å². The Balaban J connectivity index is 3.07. The first-order valence-electron chi connectivity index (χ1n) is 4.64. The summed E-state index contributed by atoms with van der Waals surface area (Å²) in [5.41, 5.74) is -0.164. The fraction of sp³-hybridized carbons (Fsp3) is 0.250. The summed E-state index contributed by atoms with van der Waals surface area (Å²) in [4.78, 5) is 11.0. The predicted octanol–water partition coefficient (Wildman–Crippen LogP) is 2.32. The fourth-order valence-electron chi connectivity index (χ4n) is 1.14. The molecule has 0 saturated heterocycles. The Morgan fingerprint density at radius 2 is 2.25 bits per heavy atom. The molecule has 0 spiro atoms. The molecule has 4 heteroatoms. The maximum Gasteiger partial charge on any atom is 0.381 e. The van der Waals surface area contributed by atoms with Crippen molar-refractivity contribution in [3.63, 3.8) is 0 Å². The van der Waals surface area contributed by atoms with Gasteiger partial charge in [0.05, 0.1) is 6.61 Å². The van der Waals surface area contributed by atoms with Crippen LogP contribution >= 0.6 is 0 Å². The van der Waals surface area contributed by atoms with Gasteiger partial charge in [0, 0.05) is 11.1 Å². The van der Waals surface area contributed by atoms with Gasteiger partial charge < -0.3 is 4.74 Å². The number of hydrogen-bond acceptors (Lipinski definition) is 2. The number of hydrogen-bond donors (Lipinski definition) is 0. The average Bonchev–Trinajstić information content (AvgIpc) is 2.29. The summed E-state index contributed by atoms with van der Waals surface area (Å²) < 4.78 is 31.3. The number of ether oxygens (including phenoxy) is 1. The van der Waals surface area contributed by atoms with E-state index in [1.165, 1.54) is 19.1 Å². The topological polar surface area (TPSA) is 26.3 Å². The molecule has 0 aliphatic rings. The van der Waals surface area contributed by atoms with Gasteiger partial charge >= 0.3 is 11.9 Å². The van der Waals surface area contributed by atoms with Crippen LogP contribution in [0.1, 0.15) is 18.1 Å². The van der Waals surface area contributed by atoms with Crippen LogP contribution in [0.25, 0.3) is 0 Å². The largest absolute Gasteiger partial charge is 0.461 e. The molecule has 0 amide bonds. The van der Waals surface area contributed by atoms with E-state index in [1.807, 2.05) is 0 Å². The van der Waals surface area contributed by atoms with Gasteiger partial charge in [-0.05, 0) is 19.1 Å². The third kappa shape index (κ3) is 2.37. The van der Waals surface area contributed by atoms with Gasteiger partial charge in [0.2, 0.25) is 0 Å². The summed E-state index contributed by atoms with van der Waals surface area (Å²) in [6, 6.07) is 5.11. The quantitative estimate of drug-likeness (QED) is 0.581. The second-order valence-electron chi connectivity index (χ2n) is 3.02. The molecule has 0 aliphatic carbocycles. The lowest BCUT2D eigenvalue weighted by molar-refractivity contribution is -0.173. The van der Waals surface area contributed by atoms with E-state index in [4.69, 9.17) is 6.42 Å². The number of esters is 1. The van der Waals surface area contributed by atoms with Crippen molar-refractivity contribution in [2.45, 2.75) is 12.8 Å². The molecule has 0 radical (unpaired) electrons. The van der Waals surface area contributed by atoms with Crippen LogP contribution in [0.4, 0.5) is 8.78 Å². The Kier molecular flexibility index (Phi) is 3.62. The van der Waals surface area contributed by atoms with Crippen LogP contribution in [-0.2, 0) is 15.5 Å². The molecule has 1 aromatic rings. The van der Waals surface area contributed by atoms with E-state index in [9.17, 15) is 13.6 Å². The summed E-state index contributed by atoms with van der Waals surface area (Å²) in [5.74, 6) is -3.00. The Bertz CT molecular complexity index is 433. The minimum absolute atomic E-state index is 0.0940. The number of rotatable bonds is 3. The number of alkyl halides is 2. The second kappa shape index (κ2) is 4.75. The molecule has 2 nitrogen and oxygen atoms in total. The zero-order chi connectivity index (χ0) is 12.2. The van der Waals surface area contributed by atoms with Gasteiger partial charge in [0.1, 0.15) is 0 Å². The van der Waals surface area contributed by atoms with Crippen molar-refractivity contribution in [3.05, 3.63) is 35.4 Å². The number of benzene rings is 1. The van der Waals surface area contributed by atoms with E-state index in [0.29, 0.717) is 5.56 Å². The summed E-state index contributed by atoms with van der Waals surface area (Å²) in [6.45, 7) is 1.37. The molecule has 1 rings (SSSR count). The van der Waals surface area contributed by atoms with Crippen LogP contribution in [0, 0.1) is 12.3 Å². The Labute approximate surface area is 92.2 Å². The monoisotopic (exact) mass is 224 g/mol. The molecule has 0 unspecified atom stereocenters. The molecular weight excluding hydrogens is 214 g/mol. The van der Waals surface area contributed by atoms with E-state index in [0.717, 1.165) is 12.1 Å². The number of halogens is 2.